The van der Waals surface area contributed by atoms with Crippen molar-refractivity contribution in [2.24, 2.45) is 0 Å². The van der Waals surface area contributed by atoms with Gasteiger partial charge in [-0.1, -0.05) is 17.7 Å². The van der Waals surface area contributed by atoms with Crippen molar-refractivity contribution in [3.63, 3.8) is 0 Å². The summed E-state index contributed by atoms with van der Waals surface area (Å²) in [5.41, 5.74) is 2.00. The van der Waals surface area contributed by atoms with Crippen molar-refractivity contribution in [2.45, 2.75) is 6.92 Å². The zero-order valence-electron chi connectivity index (χ0n) is 15.4. The Morgan fingerprint density at radius 2 is 1.76 bits per heavy atom. The van der Waals surface area contributed by atoms with Gasteiger partial charge >= 0.3 is 5.97 Å². The molecule has 8 heteroatoms. The van der Waals surface area contributed by atoms with Crippen LogP contribution in [0.1, 0.15) is 26.5 Å². The maximum atomic E-state index is 12.1. The minimum atomic E-state index is -0.660. The normalized spacial score (nSPS) is 10.3. The number of hydrogen-bond donors (Lipinski definition) is 2. The van der Waals surface area contributed by atoms with Gasteiger partial charge in [0.05, 0.1) is 11.8 Å². The van der Waals surface area contributed by atoms with Gasteiger partial charge in [0.25, 0.3) is 11.8 Å². The van der Waals surface area contributed by atoms with Gasteiger partial charge in [0.2, 0.25) is 0 Å². The molecule has 148 valence electrons. The average molecular weight is 413 g/mol. The summed E-state index contributed by atoms with van der Waals surface area (Å²) < 4.78 is 10.0. The third-order valence-electron chi connectivity index (χ3n) is 4.00. The lowest BCUT2D eigenvalue weighted by Crippen LogP contribution is -2.21. The summed E-state index contributed by atoms with van der Waals surface area (Å²) in [5, 5.41) is 5.81. The van der Waals surface area contributed by atoms with Gasteiger partial charge in [0, 0.05) is 16.4 Å². The smallest absolute Gasteiger partial charge is 0.338 e. The zero-order valence-corrected chi connectivity index (χ0v) is 16.2. The Labute approximate surface area is 171 Å². The van der Waals surface area contributed by atoms with Crippen LogP contribution in [-0.2, 0) is 9.53 Å². The molecule has 29 heavy (non-hydrogen) atoms. The van der Waals surface area contributed by atoms with Gasteiger partial charge in [-0.05, 0) is 61.0 Å². The van der Waals surface area contributed by atoms with E-state index in [1.54, 1.807) is 43.3 Å². The summed E-state index contributed by atoms with van der Waals surface area (Å²) in [6.45, 7) is 1.33. The number of halogens is 1. The second-order valence-electron chi connectivity index (χ2n) is 6.05. The van der Waals surface area contributed by atoms with Crippen molar-refractivity contribution in [3.05, 3.63) is 82.8 Å². The molecule has 0 fully saturated rings. The van der Waals surface area contributed by atoms with E-state index in [1.165, 1.54) is 24.5 Å². The van der Waals surface area contributed by atoms with E-state index in [4.69, 9.17) is 20.8 Å². The van der Waals surface area contributed by atoms with E-state index in [9.17, 15) is 14.4 Å². The Morgan fingerprint density at radius 1 is 1.00 bits per heavy atom. The second kappa shape index (κ2) is 9.07. The molecule has 0 bridgehead atoms. The third-order valence-corrected chi connectivity index (χ3v) is 4.41. The van der Waals surface area contributed by atoms with E-state index < -0.39 is 24.4 Å². The molecule has 2 aromatic carbocycles. The van der Waals surface area contributed by atoms with E-state index in [2.05, 4.69) is 10.6 Å². The molecule has 1 heterocycles. The molecule has 0 saturated carbocycles. The topological polar surface area (TPSA) is 97.6 Å². The Kier molecular flexibility index (Phi) is 6.31. The molecular formula is C21H17ClN2O5. The van der Waals surface area contributed by atoms with Crippen molar-refractivity contribution in [3.8, 4) is 0 Å². The molecule has 3 aromatic rings. The fourth-order valence-electron chi connectivity index (χ4n) is 2.43. The third kappa shape index (κ3) is 5.24. The van der Waals surface area contributed by atoms with Crippen LogP contribution in [0.25, 0.3) is 0 Å². The van der Waals surface area contributed by atoms with Gasteiger partial charge in [-0.2, -0.15) is 0 Å². The zero-order chi connectivity index (χ0) is 20.8. The van der Waals surface area contributed by atoms with Crippen LogP contribution in [0.2, 0.25) is 5.02 Å². The SMILES string of the molecule is Cc1c(Cl)cccc1NC(=O)COC(=O)c1ccc(NC(=O)c2ccco2)cc1. The van der Waals surface area contributed by atoms with Gasteiger partial charge in [-0.3, -0.25) is 9.59 Å². The highest BCUT2D eigenvalue weighted by atomic mass is 35.5. The average Bonchev–Trinajstić information content (AvgIpc) is 3.25. The predicted octanol–water partition coefficient (Wildman–Crippen LogP) is 4.29. The summed E-state index contributed by atoms with van der Waals surface area (Å²) in [6, 6.07) is 14.3. The minimum Gasteiger partial charge on any atom is -0.459 e. The highest BCUT2D eigenvalue weighted by molar-refractivity contribution is 6.31. The minimum absolute atomic E-state index is 0.175. The molecule has 0 aliphatic heterocycles. The number of furan rings is 1. The number of amides is 2. The van der Waals surface area contributed by atoms with E-state index in [0.717, 1.165) is 5.56 Å². The van der Waals surface area contributed by atoms with Crippen molar-refractivity contribution in [1.29, 1.82) is 0 Å². The van der Waals surface area contributed by atoms with Crippen LogP contribution in [0.15, 0.2) is 65.3 Å². The first-order chi connectivity index (χ1) is 13.9. The van der Waals surface area contributed by atoms with Gasteiger partial charge in [0.15, 0.2) is 12.4 Å². The molecule has 2 N–H and O–H groups in total. The summed E-state index contributed by atoms with van der Waals surface area (Å²) in [7, 11) is 0. The largest absolute Gasteiger partial charge is 0.459 e. The Bertz CT molecular complexity index is 1030. The Balaban J connectivity index is 1.52. The van der Waals surface area contributed by atoms with Crippen LogP contribution >= 0.6 is 11.6 Å². The fourth-order valence-corrected chi connectivity index (χ4v) is 2.61. The number of anilines is 2. The Hall–Kier alpha value is -3.58. The number of carbonyl (C=O) groups is 3. The Morgan fingerprint density at radius 3 is 2.45 bits per heavy atom. The van der Waals surface area contributed by atoms with Crippen molar-refractivity contribution < 1.29 is 23.5 Å². The molecule has 0 saturated heterocycles. The molecular weight excluding hydrogens is 396 g/mol. The monoisotopic (exact) mass is 412 g/mol. The first kappa shape index (κ1) is 20.2. The van der Waals surface area contributed by atoms with Crippen LogP contribution in [0.4, 0.5) is 11.4 Å². The van der Waals surface area contributed by atoms with Crippen molar-refractivity contribution in [2.75, 3.05) is 17.2 Å². The number of rotatable bonds is 6. The maximum absolute atomic E-state index is 12.1. The lowest BCUT2D eigenvalue weighted by Gasteiger charge is -2.10. The highest BCUT2D eigenvalue weighted by Crippen LogP contribution is 2.22. The van der Waals surface area contributed by atoms with E-state index in [-0.39, 0.29) is 11.3 Å². The molecule has 2 amide bonds. The number of carbonyl (C=O) groups excluding carboxylic acids is 3. The summed E-state index contributed by atoms with van der Waals surface area (Å²) in [4.78, 5) is 36.0. The molecule has 1 aromatic heterocycles. The van der Waals surface area contributed by atoms with E-state index in [0.29, 0.717) is 16.4 Å². The lowest BCUT2D eigenvalue weighted by molar-refractivity contribution is -0.119. The summed E-state index contributed by atoms with van der Waals surface area (Å²) in [5.74, 6) is -1.37. The molecule has 0 atom stereocenters. The number of nitrogens with one attached hydrogen (secondary N) is 2. The molecule has 0 radical (unpaired) electrons. The lowest BCUT2D eigenvalue weighted by atomic mass is 10.2. The number of esters is 1. The quantitative estimate of drug-likeness (QED) is 0.588. The molecule has 0 unspecified atom stereocenters. The summed E-state index contributed by atoms with van der Waals surface area (Å²) in [6.07, 6.45) is 1.40. The molecule has 3 rings (SSSR count). The van der Waals surface area contributed by atoms with Crippen LogP contribution in [-0.4, -0.2) is 24.4 Å². The van der Waals surface area contributed by atoms with Gasteiger partial charge in [-0.15, -0.1) is 0 Å². The standard InChI is InChI=1S/C21H17ClN2O5/c1-13-16(22)4-2-5-17(13)24-19(25)12-29-21(27)14-7-9-15(10-8-14)23-20(26)18-6-3-11-28-18/h2-11H,12H2,1H3,(H,23,26)(H,24,25). The van der Waals surface area contributed by atoms with Gasteiger partial charge < -0.3 is 19.8 Å². The molecule has 7 nitrogen and oxygen atoms in total. The fraction of sp³-hybridized carbons (Fsp3) is 0.0952. The number of hydrogen-bond acceptors (Lipinski definition) is 5. The summed E-state index contributed by atoms with van der Waals surface area (Å²) >= 11 is 6.01. The second-order valence-corrected chi connectivity index (χ2v) is 6.45. The molecule has 0 spiro atoms. The number of ether oxygens (including phenoxy) is 1. The van der Waals surface area contributed by atoms with Crippen molar-refractivity contribution in [1.82, 2.24) is 0 Å². The predicted molar refractivity (Wildman–Crippen MR) is 108 cm³/mol. The van der Waals surface area contributed by atoms with Gasteiger partial charge in [-0.25, -0.2) is 4.79 Å². The molecule has 0 aliphatic rings. The first-order valence-corrected chi connectivity index (χ1v) is 8.99. The van der Waals surface area contributed by atoms with E-state index in [1.807, 2.05) is 0 Å². The first-order valence-electron chi connectivity index (χ1n) is 8.61. The van der Waals surface area contributed by atoms with Crippen LogP contribution in [0.3, 0.4) is 0 Å². The number of benzene rings is 2. The van der Waals surface area contributed by atoms with Crippen LogP contribution in [0, 0.1) is 6.92 Å². The van der Waals surface area contributed by atoms with Crippen LogP contribution < -0.4 is 10.6 Å². The molecule has 0 aliphatic carbocycles. The van der Waals surface area contributed by atoms with Crippen LogP contribution in [0.5, 0.6) is 0 Å². The maximum Gasteiger partial charge on any atom is 0.338 e. The van der Waals surface area contributed by atoms with Gasteiger partial charge in [0.1, 0.15) is 0 Å². The van der Waals surface area contributed by atoms with E-state index >= 15 is 0 Å². The van der Waals surface area contributed by atoms with Crippen molar-refractivity contribution >= 4 is 40.8 Å². The highest BCUT2D eigenvalue weighted by Gasteiger charge is 2.13.